The Morgan fingerprint density at radius 1 is 1.11 bits per heavy atom. The maximum atomic E-state index is 13.0. The van der Waals surface area contributed by atoms with E-state index in [1.807, 2.05) is 65.9 Å². The fourth-order valence-electron chi connectivity index (χ4n) is 5.73. The third-order valence-electron chi connectivity index (χ3n) is 7.72. The van der Waals surface area contributed by atoms with Gasteiger partial charge in [0.05, 0.1) is 37.3 Å². The number of esters is 1. The largest absolute Gasteiger partial charge is 0.496 e. The number of carbonyl (C=O) groups excluding carboxylic acids is 2. The summed E-state index contributed by atoms with van der Waals surface area (Å²) in [6, 6.07) is 9.63. The van der Waals surface area contributed by atoms with Crippen molar-refractivity contribution >= 4 is 33.9 Å². The molecule has 0 unspecified atom stereocenters. The molecule has 3 heterocycles. The molecule has 5 rings (SSSR count). The smallest absolute Gasteiger partial charge is 0.419 e. The van der Waals surface area contributed by atoms with E-state index in [4.69, 9.17) is 24.0 Å². The Bertz CT molecular complexity index is 1780. The molecule has 0 radical (unpaired) electrons. The van der Waals surface area contributed by atoms with Gasteiger partial charge in [0.25, 0.3) is 0 Å². The van der Waals surface area contributed by atoms with E-state index < -0.39 is 17.1 Å². The van der Waals surface area contributed by atoms with Crippen LogP contribution >= 0.6 is 0 Å². The van der Waals surface area contributed by atoms with Crippen LogP contribution in [-0.2, 0) is 20.8 Å². The van der Waals surface area contributed by atoms with Gasteiger partial charge < -0.3 is 18.9 Å². The number of aryl methyl sites for hydroxylation is 1. The molecule has 11 heteroatoms. The van der Waals surface area contributed by atoms with Crippen molar-refractivity contribution in [2.24, 2.45) is 5.41 Å². The Morgan fingerprint density at radius 3 is 2.48 bits per heavy atom. The van der Waals surface area contributed by atoms with Crippen LogP contribution in [0.2, 0.25) is 0 Å². The predicted octanol–water partition coefficient (Wildman–Crippen LogP) is 5.27. The van der Waals surface area contributed by atoms with Gasteiger partial charge in [0.15, 0.2) is 5.75 Å². The van der Waals surface area contributed by atoms with Crippen molar-refractivity contribution in [1.82, 2.24) is 19.2 Å². The average molecular weight is 602 g/mol. The molecule has 44 heavy (non-hydrogen) atoms. The van der Waals surface area contributed by atoms with Crippen LogP contribution in [0.15, 0.2) is 36.7 Å². The second-order valence-corrected chi connectivity index (χ2v) is 12.9. The van der Waals surface area contributed by atoms with Crippen LogP contribution in [0.3, 0.4) is 0 Å². The van der Waals surface area contributed by atoms with Gasteiger partial charge in [-0.25, -0.2) is 4.79 Å². The first-order valence-corrected chi connectivity index (χ1v) is 14.5. The maximum absolute atomic E-state index is 13.0. The summed E-state index contributed by atoms with van der Waals surface area (Å²) in [5.41, 5.74) is 2.20. The highest BCUT2D eigenvalue weighted by Crippen LogP contribution is 2.35. The third-order valence-corrected chi connectivity index (χ3v) is 7.72. The lowest BCUT2D eigenvalue weighted by atomic mass is 9.91. The van der Waals surface area contributed by atoms with E-state index in [2.05, 4.69) is 11.0 Å². The van der Waals surface area contributed by atoms with Gasteiger partial charge >= 0.3 is 12.1 Å². The molecule has 0 N–H and O–H groups in total. The summed E-state index contributed by atoms with van der Waals surface area (Å²) in [5.74, 6) is 0.862. The minimum absolute atomic E-state index is 0.143. The Kier molecular flexibility index (Phi) is 8.07. The van der Waals surface area contributed by atoms with E-state index >= 15 is 0 Å². The summed E-state index contributed by atoms with van der Waals surface area (Å²) < 4.78 is 26.0. The molecule has 2 aromatic carbocycles. The minimum atomic E-state index is -0.633. The van der Waals surface area contributed by atoms with Crippen molar-refractivity contribution in [3.05, 3.63) is 53.3 Å². The molecule has 0 atom stereocenters. The molecular formula is C33H39N5O6. The number of nitriles is 1. The fraction of sp³-hybridized carbons (Fsp3) is 0.455. The minimum Gasteiger partial charge on any atom is -0.496 e. The summed E-state index contributed by atoms with van der Waals surface area (Å²) in [7, 11) is 3.01. The number of ether oxygens (including phenoxy) is 4. The number of hydrogen-bond donors (Lipinski definition) is 0. The molecule has 2 aromatic heterocycles. The Balaban J connectivity index is 1.43. The van der Waals surface area contributed by atoms with Gasteiger partial charge in [0, 0.05) is 48.4 Å². The van der Waals surface area contributed by atoms with Gasteiger partial charge in [-0.2, -0.15) is 10.4 Å². The molecular weight excluding hydrogens is 562 g/mol. The molecule has 0 spiro atoms. The number of nitrogens with zero attached hydrogens (tertiary/aromatic N) is 5. The van der Waals surface area contributed by atoms with Crippen molar-refractivity contribution in [3.8, 4) is 17.6 Å². The number of methoxy groups -OCH3 is 2. The van der Waals surface area contributed by atoms with Crippen LogP contribution in [0.1, 0.15) is 51.3 Å². The lowest BCUT2D eigenvalue weighted by Crippen LogP contribution is -2.57. The van der Waals surface area contributed by atoms with Crippen LogP contribution < -0.4 is 9.47 Å². The van der Waals surface area contributed by atoms with Crippen LogP contribution in [-0.4, -0.2) is 76.9 Å². The van der Waals surface area contributed by atoms with E-state index in [-0.39, 0.29) is 12.1 Å². The molecule has 0 bridgehead atoms. The first kappa shape index (κ1) is 30.9. The number of rotatable bonds is 8. The van der Waals surface area contributed by atoms with Gasteiger partial charge in [-0.05, 0) is 71.4 Å². The fourth-order valence-corrected chi connectivity index (χ4v) is 5.73. The number of carbonyl (C=O) groups is 2. The molecule has 1 saturated heterocycles. The van der Waals surface area contributed by atoms with Gasteiger partial charge in [0.2, 0.25) is 0 Å². The van der Waals surface area contributed by atoms with Gasteiger partial charge in [-0.15, -0.1) is 0 Å². The van der Waals surface area contributed by atoms with Crippen LogP contribution in [0.25, 0.3) is 21.8 Å². The number of fused-ring (bicyclic) bond motifs is 2. The summed E-state index contributed by atoms with van der Waals surface area (Å²) in [5, 5.41) is 16.4. The van der Waals surface area contributed by atoms with Crippen molar-refractivity contribution < 1.29 is 28.5 Å². The highest BCUT2D eigenvalue weighted by atomic mass is 16.6. The Hall–Kier alpha value is -4.56. The Labute approximate surface area is 256 Å². The van der Waals surface area contributed by atoms with Crippen LogP contribution in [0, 0.1) is 23.7 Å². The molecule has 1 aliphatic rings. The average Bonchev–Trinajstić information content (AvgIpc) is 3.57. The molecule has 0 amide bonds. The zero-order valence-electron chi connectivity index (χ0n) is 26.6. The highest BCUT2D eigenvalue weighted by molar-refractivity contribution is 5.95. The van der Waals surface area contributed by atoms with Gasteiger partial charge in [-0.3, -0.25) is 18.9 Å². The van der Waals surface area contributed by atoms with Gasteiger partial charge in [-0.1, -0.05) is 0 Å². The van der Waals surface area contributed by atoms with E-state index in [0.717, 1.165) is 27.4 Å². The predicted molar refractivity (Wildman–Crippen MR) is 165 cm³/mol. The SMILES string of the molecule is COC(=O)C(C)(C)CN1CC(Oc2c(C#N)ccc3cn(Cc4c(OC)cc(C)c5c4ccn5C(=O)OC(C)(C)C)nc23)C1. The standard InChI is InChI=1S/C33H39N5O6/c1-20-13-26(41-7)25(24-11-12-38(28(20)24)31(40)44-32(2,3)4)18-37-15-22-10-9-21(14-34)29(27(22)35-37)43-23-16-36(17-23)19-33(5,6)30(39)42-8/h9-13,15,23H,16-19H2,1-8H3. The van der Waals surface area contributed by atoms with Crippen molar-refractivity contribution in [2.75, 3.05) is 33.9 Å². The Morgan fingerprint density at radius 2 is 1.84 bits per heavy atom. The third kappa shape index (κ3) is 5.95. The first-order chi connectivity index (χ1) is 20.7. The molecule has 11 nitrogen and oxygen atoms in total. The normalized spacial score (nSPS) is 14.3. The van der Waals surface area contributed by atoms with Crippen molar-refractivity contribution in [3.63, 3.8) is 0 Å². The van der Waals surface area contributed by atoms with E-state index in [0.29, 0.717) is 48.8 Å². The summed E-state index contributed by atoms with van der Waals surface area (Å²) in [6.07, 6.45) is 3.03. The summed E-state index contributed by atoms with van der Waals surface area (Å²) in [6.45, 7) is 13.3. The number of hydrogen-bond acceptors (Lipinski definition) is 9. The summed E-state index contributed by atoms with van der Waals surface area (Å²) in [4.78, 5) is 27.2. The van der Waals surface area contributed by atoms with Crippen LogP contribution in [0.4, 0.5) is 4.79 Å². The molecule has 1 fully saturated rings. The lowest BCUT2D eigenvalue weighted by Gasteiger charge is -2.42. The number of likely N-dealkylation sites (tertiary alicyclic amines) is 1. The second kappa shape index (κ2) is 11.5. The monoisotopic (exact) mass is 601 g/mol. The zero-order chi connectivity index (χ0) is 32.0. The molecule has 232 valence electrons. The van der Waals surface area contributed by atoms with Crippen molar-refractivity contribution in [2.45, 2.75) is 59.8 Å². The topological polar surface area (TPSA) is 121 Å². The number of benzene rings is 2. The number of aromatic nitrogens is 3. The second-order valence-electron chi connectivity index (χ2n) is 12.9. The molecule has 0 aliphatic carbocycles. The molecule has 1 aliphatic heterocycles. The van der Waals surface area contributed by atoms with E-state index in [1.54, 1.807) is 24.1 Å². The quantitative estimate of drug-likeness (QED) is 0.249. The highest BCUT2D eigenvalue weighted by Gasteiger charge is 2.38. The first-order valence-electron chi connectivity index (χ1n) is 14.5. The maximum Gasteiger partial charge on any atom is 0.419 e. The lowest BCUT2D eigenvalue weighted by molar-refractivity contribution is -0.153. The molecule has 4 aromatic rings. The van der Waals surface area contributed by atoms with Gasteiger partial charge in [0.1, 0.15) is 29.0 Å². The van der Waals surface area contributed by atoms with E-state index in [9.17, 15) is 14.9 Å². The summed E-state index contributed by atoms with van der Waals surface area (Å²) >= 11 is 0. The molecule has 0 saturated carbocycles. The van der Waals surface area contributed by atoms with Crippen LogP contribution in [0.5, 0.6) is 11.5 Å². The van der Waals surface area contributed by atoms with Crippen molar-refractivity contribution in [1.29, 1.82) is 5.26 Å². The van der Waals surface area contributed by atoms with E-state index in [1.165, 1.54) is 11.7 Å². The zero-order valence-corrected chi connectivity index (χ0v) is 26.6.